The summed E-state index contributed by atoms with van der Waals surface area (Å²) in [5, 5.41) is 6.72. The van der Waals surface area contributed by atoms with Gasteiger partial charge in [-0.1, -0.05) is 54.6 Å². The van der Waals surface area contributed by atoms with E-state index in [2.05, 4.69) is 10.1 Å². The second-order valence-corrected chi connectivity index (χ2v) is 8.10. The summed E-state index contributed by atoms with van der Waals surface area (Å²) < 4.78 is 10.7. The lowest BCUT2D eigenvalue weighted by Crippen LogP contribution is -2.31. The number of hydrogen-bond acceptors (Lipinski definition) is 6. The summed E-state index contributed by atoms with van der Waals surface area (Å²) in [6.07, 6.45) is 2.21. The number of amides is 1. The first kappa shape index (κ1) is 22.3. The summed E-state index contributed by atoms with van der Waals surface area (Å²) >= 11 is 0. The highest BCUT2D eigenvalue weighted by Crippen LogP contribution is 2.33. The molecule has 0 fully saturated rings. The molecule has 1 aromatic heterocycles. The molecule has 3 aromatic carbocycles. The van der Waals surface area contributed by atoms with Crippen LogP contribution < -0.4 is 4.74 Å². The Labute approximate surface area is 202 Å². The molecule has 4 aromatic rings. The smallest absolute Gasteiger partial charge is 0.339 e. The number of hydrogen-bond donors (Lipinski definition) is 0. The van der Waals surface area contributed by atoms with Crippen LogP contribution in [0.4, 0.5) is 0 Å². The topological polar surface area (TPSA) is 81.1 Å². The first-order valence-corrected chi connectivity index (χ1v) is 11.2. The molecule has 1 unspecified atom stereocenters. The van der Waals surface area contributed by atoms with Crippen LogP contribution in [0.2, 0.25) is 0 Å². The summed E-state index contributed by atoms with van der Waals surface area (Å²) in [4.78, 5) is 30.3. The number of ether oxygens (including phenoxy) is 2. The second kappa shape index (κ2) is 9.77. The number of carbonyl (C=O) groups is 2. The lowest BCUT2D eigenvalue weighted by atomic mass is 9.98. The Morgan fingerprint density at radius 2 is 1.74 bits per heavy atom. The molecule has 0 saturated carbocycles. The molecule has 5 rings (SSSR count). The van der Waals surface area contributed by atoms with Gasteiger partial charge in [0.15, 0.2) is 6.61 Å². The number of benzene rings is 3. The van der Waals surface area contributed by atoms with Gasteiger partial charge in [0.2, 0.25) is 0 Å². The Hall–Kier alpha value is -4.52. The predicted octanol–water partition coefficient (Wildman–Crippen LogP) is 4.78. The molecule has 0 saturated heterocycles. The lowest BCUT2D eigenvalue weighted by molar-refractivity contribution is -0.136. The van der Waals surface area contributed by atoms with Gasteiger partial charge in [0.1, 0.15) is 5.75 Å². The third-order valence-corrected chi connectivity index (χ3v) is 5.97. The first-order valence-electron chi connectivity index (χ1n) is 11.2. The quantitative estimate of drug-likeness (QED) is 0.383. The first-order chi connectivity index (χ1) is 17.1. The minimum atomic E-state index is -0.579. The average Bonchev–Trinajstić information content (AvgIpc) is 3.37. The van der Waals surface area contributed by atoms with Crippen molar-refractivity contribution in [3.63, 3.8) is 0 Å². The van der Waals surface area contributed by atoms with Crippen molar-refractivity contribution in [3.05, 3.63) is 108 Å². The maximum absolute atomic E-state index is 13.2. The van der Waals surface area contributed by atoms with E-state index in [4.69, 9.17) is 9.47 Å². The molecular weight excluding hydrogens is 442 g/mol. The predicted molar refractivity (Wildman–Crippen MR) is 132 cm³/mol. The van der Waals surface area contributed by atoms with Crippen molar-refractivity contribution in [2.45, 2.75) is 12.5 Å². The van der Waals surface area contributed by atoms with E-state index in [-0.39, 0.29) is 6.04 Å². The zero-order chi connectivity index (χ0) is 24.2. The SMILES string of the molecule is COc1ccc(C2CC(c3ccccc3)=NN2C(=O)COC(=O)c2cccc3ncccc23)cc1. The van der Waals surface area contributed by atoms with Crippen LogP contribution in [0.25, 0.3) is 10.9 Å². The molecule has 35 heavy (non-hydrogen) atoms. The molecule has 1 aliphatic heterocycles. The molecule has 7 nitrogen and oxygen atoms in total. The summed E-state index contributed by atoms with van der Waals surface area (Å²) in [7, 11) is 1.61. The molecule has 1 amide bonds. The van der Waals surface area contributed by atoms with Crippen LogP contribution in [0.5, 0.6) is 5.75 Å². The maximum Gasteiger partial charge on any atom is 0.339 e. The molecule has 1 atom stereocenters. The third-order valence-electron chi connectivity index (χ3n) is 5.97. The van der Waals surface area contributed by atoms with Gasteiger partial charge in [-0.05, 0) is 41.5 Å². The largest absolute Gasteiger partial charge is 0.497 e. The Morgan fingerprint density at radius 3 is 2.51 bits per heavy atom. The van der Waals surface area contributed by atoms with Crippen LogP contribution in [-0.2, 0) is 9.53 Å². The van der Waals surface area contributed by atoms with Crippen molar-refractivity contribution in [1.82, 2.24) is 9.99 Å². The average molecular weight is 466 g/mol. The molecule has 0 bridgehead atoms. The minimum absolute atomic E-state index is 0.316. The van der Waals surface area contributed by atoms with Crippen LogP contribution in [0.1, 0.15) is 33.9 Å². The summed E-state index contributed by atoms with van der Waals surface area (Å²) in [5.74, 6) is -0.250. The zero-order valence-electron chi connectivity index (χ0n) is 19.1. The van der Waals surface area contributed by atoms with Crippen LogP contribution >= 0.6 is 0 Å². The van der Waals surface area contributed by atoms with Crippen LogP contribution in [0, 0.1) is 0 Å². The summed E-state index contributed by atoms with van der Waals surface area (Å²) in [6.45, 7) is -0.423. The monoisotopic (exact) mass is 465 g/mol. The number of rotatable bonds is 6. The molecule has 7 heteroatoms. The van der Waals surface area contributed by atoms with Gasteiger partial charge in [-0.25, -0.2) is 9.80 Å². The zero-order valence-corrected chi connectivity index (χ0v) is 19.1. The molecule has 1 aliphatic rings. The van der Waals surface area contributed by atoms with Crippen LogP contribution in [0.15, 0.2) is 96.2 Å². The highest BCUT2D eigenvalue weighted by atomic mass is 16.5. The Kier molecular flexibility index (Phi) is 6.22. The fourth-order valence-electron chi connectivity index (χ4n) is 4.18. The van der Waals surface area contributed by atoms with Crippen LogP contribution in [-0.4, -0.2) is 41.3 Å². The fourth-order valence-corrected chi connectivity index (χ4v) is 4.18. The van der Waals surface area contributed by atoms with Gasteiger partial charge in [0.05, 0.1) is 29.9 Å². The van der Waals surface area contributed by atoms with Gasteiger partial charge >= 0.3 is 5.97 Å². The van der Waals surface area contributed by atoms with Crippen molar-refractivity contribution in [2.24, 2.45) is 5.10 Å². The fraction of sp³-hybridized carbons (Fsp3) is 0.143. The Bertz CT molecular complexity index is 1400. The lowest BCUT2D eigenvalue weighted by Gasteiger charge is -2.22. The van der Waals surface area contributed by atoms with E-state index in [9.17, 15) is 9.59 Å². The second-order valence-electron chi connectivity index (χ2n) is 8.10. The number of esters is 1. The van der Waals surface area contributed by atoms with E-state index < -0.39 is 18.5 Å². The van der Waals surface area contributed by atoms with Crippen molar-refractivity contribution >= 4 is 28.5 Å². The third kappa shape index (κ3) is 4.61. The highest BCUT2D eigenvalue weighted by molar-refractivity contribution is 6.05. The Morgan fingerprint density at radius 1 is 0.943 bits per heavy atom. The molecule has 0 N–H and O–H groups in total. The number of pyridine rings is 1. The number of nitrogens with zero attached hydrogens (tertiary/aromatic N) is 3. The number of hydrazone groups is 1. The number of carbonyl (C=O) groups excluding carboxylic acids is 2. The van der Waals surface area contributed by atoms with Gasteiger partial charge in [0, 0.05) is 18.0 Å². The van der Waals surface area contributed by atoms with E-state index >= 15 is 0 Å². The van der Waals surface area contributed by atoms with Crippen molar-refractivity contribution in [1.29, 1.82) is 0 Å². The van der Waals surface area contributed by atoms with Gasteiger partial charge in [0.25, 0.3) is 5.91 Å². The van der Waals surface area contributed by atoms with Gasteiger partial charge in [-0.15, -0.1) is 0 Å². The summed E-state index contributed by atoms with van der Waals surface area (Å²) in [5.41, 5.74) is 3.71. The van der Waals surface area contributed by atoms with Gasteiger partial charge in [-0.2, -0.15) is 5.10 Å². The molecule has 0 aliphatic carbocycles. The van der Waals surface area contributed by atoms with Crippen molar-refractivity contribution in [2.75, 3.05) is 13.7 Å². The maximum atomic E-state index is 13.2. The van der Waals surface area contributed by atoms with Crippen molar-refractivity contribution in [3.8, 4) is 5.75 Å². The summed E-state index contributed by atoms with van der Waals surface area (Å²) in [6, 6.07) is 25.8. The Balaban J connectivity index is 1.37. The van der Waals surface area contributed by atoms with Gasteiger partial charge in [-0.3, -0.25) is 9.78 Å². The number of aromatic nitrogens is 1. The van der Waals surface area contributed by atoms with E-state index in [1.165, 1.54) is 5.01 Å². The molecule has 2 heterocycles. The molecular formula is C28H23N3O4. The van der Waals surface area contributed by atoms with E-state index in [1.54, 1.807) is 37.6 Å². The van der Waals surface area contributed by atoms with Crippen LogP contribution in [0.3, 0.4) is 0 Å². The van der Waals surface area contributed by atoms with E-state index in [1.807, 2.05) is 60.7 Å². The normalized spacial score (nSPS) is 15.1. The molecule has 0 spiro atoms. The standard InChI is InChI=1S/C28H23N3O4/c1-34-21-14-12-20(13-15-21)26-17-25(19-7-3-2-4-8-19)30-31(26)27(32)18-35-28(33)23-9-5-11-24-22(23)10-6-16-29-24/h2-16,26H,17-18H2,1H3. The molecule has 0 radical (unpaired) electrons. The highest BCUT2D eigenvalue weighted by Gasteiger charge is 2.33. The minimum Gasteiger partial charge on any atom is -0.497 e. The number of methoxy groups -OCH3 is 1. The van der Waals surface area contributed by atoms with E-state index in [0.29, 0.717) is 22.9 Å². The van der Waals surface area contributed by atoms with Gasteiger partial charge < -0.3 is 9.47 Å². The number of fused-ring (bicyclic) bond motifs is 1. The molecule has 174 valence electrons. The van der Waals surface area contributed by atoms with Crippen molar-refractivity contribution < 1.29 is 19.1 Å². The van der Waals surface area contributed by atoms with E-state index in [0.717, 1.165) is 22.6 Å².